The van der Waals surface area contributed by atoms with Gasteiger partial charge < -0.3 is 19.0 Å². The molecule has 0 saturated heterocycles. The molecule has 0 N–H and O–H groups in total. The van der Waals surface area contributed by atoms with Crippen LogP contribution in [-0.2, 0) is 22.5 Å². The summed E-state index contributed by atoms with van der Waals surface area (Å²) >= 11 is 3.50. The van der Waals surface area contributed by atoms with E-state index in [4.69, 9.17) is 4.74 Å². The quantitative estimate of drug-likeness (QED) is 0.176. The van der Waals surface area contributed by atoms with Gasteiger partial charge in [0, 0.05) is 47.5 Å². The summed E-state index contributed by atoms with van der Waals surface area (Å²) in [6.07, 6.45) is 2.83. The van der Waals surface area contributed by atoms with E-state index in [9.17, 15) is 9.59 Å². The Kier molecular flexibility index (Phi) is 7.27. The number of carbonyl (C=O) groups excluding carboxylic acids is 2. The van der Waals surface area contributed by atoms with Gasteiger partial charge >= 0.3 is 6.09 Å². The van der Waals surface area contributed by atoms with Crippen LogP contribution in [0.4, 0.5) is 4.79 Å². The Hall–Kier alpha value is -4.16. The van der Waals surface area contributed by atoms with E-state index in [1.54, 1.807) is 7.05 Å². The Morgan fingerprint density at radius 1 is 0.925 bits per heavy atom. The number of hydrogen-bond acceptors (Lipinski definition) is 3. The first-order valence-corrected chi connectivity index (χ1v) is 14.2. The lowest BCUT2D eigenvalue weighted by molar-refractivity contribution is -0.111. The van der Waals surface area contributed by atoms with E-state index in [0.29, 0.717) is 13.0 Å². The van der Waals surface area contributed by atoms with Crippen molar-refractivity contribution in [2.75, 3.05) is 13.7 Å². The van der Waals surface area contributed by atoms with Crippen molar-refractivity contribution in [3.05, 3.63) is 130 Å². The van der Waals surface area contributed by atoms with Crippen molar-refractivity contribution < 1.29 is 14.3 Å². The van der Waals surface area contributed by atoms with E-state index in [-0.39, 0.29) is 12.5 Å². The van der Waals surface area contributed by atoms with Gasteiger partial charge in [0.25, 0.3) is 0 Å². The van der Waals surface area contributed by atoms with Gasteiger partial charge in [-0.25, -0.2) is 4.79 Å². The number of rotatable bonds is 8. The molecule has 200 valence electrons. The molecule has 1 amide bonds. The second kappa shape index (κ2) is 11.1. The molecule has 1 unspecified atom stereocenters. The van der Waals surface area contributed by atoms with Gasteiger partial charge in [-0.1, -0.05) is 94.8 Å². The zero-order valence-electron chi connectivity index (χ0n) is 22.2. The zero-order chi connectivity index (χ0) is 27.6. The molecule has 0 aliphatic heterocycles. The predicted octanol–water partition coefficient (Wildman–Crippen LogP) is 7.44. The van der Waals surface area contributed by atoms with Crippen molar-refractivity contribution in [2.24, 2.45) is 0 Å². The second-order valence-corrected chi connectivity index (χ2v) is 11.2. The van der Waals surface area contributed by atoms with E-state index in [2.05, 4.69) is 75.2 Å². The summed E-state index contributed by atoms with van der Waals surface area (Å²) in [5.74, 6) is -0.0315. The van der Waals surface area contributed by atoms with Crippen LogP contribution in [0, 0.1) is 0 Å². The molecule has 0 fully saturated rings. The fraction of sp³-hybridized carbons (Fsp3) is 0.176. The molecule has 0 radical (unpaired) electrons. The SMILES string of the molecule is CN(C(=O)OCC1c2ccccc2-c2ccccc21)C(C=O)Cc1cn(Cc2ccc(Br)cc2)c2ccccc12. The number of halogens is 1. The fourth-order valence-corrected chi connectivity index (χ4v) is 6.00. The van der Waals surface area contributed by atoms with Crippen LogP contribution in [0.1, 0.15) is 28.2 Å². The molecule has 1 heterocycles. The lowest BCUT2D eigenvalue weighted by Gasteiger charge is -2.24. The topological polar surface area (TPSA) is 51.5 Å². The minimum absolute atomic E-state index is 0.0315. The first kappa shape index (κ1) is 26.1. The summed E-state index contributed by atoms with van der Waals surface area (Å²) in [6.45, 7) is 0.928. The third-order valence-corrected chi connectivity index (χ3v) is 8.37. The molecule has 0 spiro atoms. The number of likely N-dealkylation sites (N-methyl/N-ethyl adjacent to an activating group) is 1. The molecule has 0 saturated carbocycles. The van der Waals surface area contributed by atoms with Crippen LogP contribution in [0.3, 0.4) is 0 Å². The van der Waals surface area contributed by atoms with Crippen LogP contribution < -0.4 is 0 Å². The average molecular weight is 594 g/mol. The molecular formula is C34H29BrN2O3. The molecule has 4 aromatic carbocycles. The number of fused-ring (bicyclic) bond motifs is 4. The van der Waals surface area contributed by atoms with Crippen molar-refractivity contribution in [3.8, 4) is 11.1 Å². The Bertz CT molecular complexity index is 1650. The largest absolute Gasteiger partial charge is 0.448 e. The highest BCUT2D eigenvalue weighted by atomic mass is 79.9. The van der Waals surface area contributed by atoms with E-state index in [1.807, 2.05) is 48.5 Å². The summed E-state index contributed by atoms with van der Waals surface area (Å²) in [7, 11) is 1.64. The highest BCUT2D eigenvalue weighted by Crippen LogP contribution is 2.44. The molecule has 5 aromatic rings. The van der Waals surface area contributed by atoms with Crippen molar-refractivity contribution in [1.29, 1.82) is 0 Å². The zero-order valence-corrected chi connectivity index (χ0v) is 23.8. The Balaban J connectivity index is 1.18. The maximum absolute atomic E-state index is 13.2. The van der Waals surface area contributed by atoms with Gasteiger partial charge in [-0.05, 0) is 51.6 Å². The number of amides is 1. The molecule has 1 aliphatic carbocycles. The van der Waals surface area contributed by atoms with E-state index >= 15 is 0 Å². The number of aromatic nitrogens is 1. The minimum Gasteiger partial charge on any atom is -0.448 e. The summed E-state index contributed by atoms with van der Waals surface area (Å²) in [5.41, 5.74) is 7.96. The summed E-state index contributed by atoms with van der Waals surface area (Å²) in [6, 6.07) is 32.3. The van der Waals surface area contributed by atoms with Gasteiger partial charge in [-0.2, -0.15) is 0 Å². The van der Waals surface area contributed by atoms with Crippen LogP contribution in [0.25, 0.3) is 22.0 Å². The highest BCUT2D eigenvalue weighted by Gasteiger charge is 2.30. The van der Waals surface area contributed by atoms with Crippen LogP contribution in [0.5, 0.6) is 0 Å². The van der Waals surface area contributed by atoms with E-state index in [1.165, 1.54) is 21.6 Å². The Morgan fingerprint density at radius 3 is 2.23 bits per heavy atom. The Labute approximate surface area is 242 Å². The molecule has 6 rings (SSSR count). The number of nitrogens with zero attached hydrogens (tertiary/aromatic N) is 2. The summed E-state index contributed by atoms with van der Waals surface area (Å²) < 4.78 is 9.06. The molecule has 1 atom stereocenters. The highest BCUT2D eigenvalue weighted by molar-refractivity contribution is 9.10. The number of hydrogen-bond donors (Lipinski definition) is 0. The number of ether oxygens (including phenoxy) is 1. The number of carbonyl (C=O) groups is 2. The molecule has 40 heavy (non-hydrogen) atoms. The third kappa shape index (κ3) is 4.95. The lowest BCUT2D eigenvalue weighted by atomic mass is 9.98. The first-order valence-electron chi connectivity index (χ1n) is 13.4. The van der Waals surface area contributed by atoms with Crippen LogP contribution in [0.2, 0.25) is 0 Å². The maximum atomic E-state index is 13.2. The smallest absolute Gasteiger partial charge is 0.410 e. The number of aldehydes is 1. The van der Waals surface area contributed by atoms with Crippen molar-refractivity contribution in [1.82, 2.24) is 9.47 Å². The van der Waals surface area contributed by atoms with Gasteiger partial charge in [0.2, 0.25) is 0 Å². The normalized spacial score (nSPS) is 13.1. The number of para-hydroxylation sites is 1. The van der Waals surface area contributed by atoms with Crippen LogP contribution >= 0.6 is 15.9 Å². The van der Waals surface area contributed by atoms with Crippen molar-refractivity contribution in [3.63, 3.8) is 0 Å². The van der Waals surface area contributed by atoms with Crippen LogP contribution in [0.15, 0.2) is 108 Å². The van der Waals surface area contributed by atoms with Crippen LogP contribution in [-0.4, -0.2) is 41.5 Å². The summed E-state index contributed by atoms with van der Waals surface area (Å²) in [4.78, 5) is 26.9. The minimum atomic E-state index is -0.650. The lowest BCUT2D eigenvalue weighted by Crippen LogP contribution is -2.40. The Morgan fingerprint density at radius 2 is 1.55 bits per heavy atom. The predicted molar refractivity (Wildman–Crippen MR) is 162 cm³/mol. The molecule has 6 heteroatoms. The number of benzene rings is 4. The van der Waals surface area contributed by atoms with Gasteiger partial charge in [-0.15, -0.1) is 0 Å². The molecule has 0 bridgehead atoms. The van der Waals surface area contributed by atoms with Crippen molar-refractivity contribution in [2.45, 2.75) is 24.9 Å². The molecular weight excluding hydrogens is 564 g/mol. The average Bonchev–Trinajstić information content (AvgIpc) is 3.50. The maximum Gasteiger partial charge on any atom is 0.410 e. The van der Waals surface area contributed by atoms with Gasteiger partial charge in [0.05, 0.1) is 6.04 Å². The third-order valence-electron chi connectivity index (χ3n) is 7.84. The molecule has 5 nitrogen and oxygen atoms in total. The first-order chi connectivity index (χ1) is 19.5. The molecule has 1 aromatic heterocycles. The summed E-state index contributed by atoms with van der Waals surface area (Å²) in [5, 5.41) is 1.08. The fourth-order valence-electron chi connectivity index (χ4n) is 5.74. The van der Waals surface area contributed by atoms with E-state index < -0.39 is 12.1 Å². The second-order valence-electron chi connectivity index (χ2n) is 10.2. The standard InChI is InChI=1S/C34H29BrN2O3/c1-36(34(39)40-22-32-30-11-4-2-9-28(30)29-10-3-5-12-31(29)32)26(21-38)18-24-20-37(33-13-7-6-8-27(24)33)19-23-14-16-25(35)17-15-23/h2-17,20-21,26,32H,18-19,22H2,1H3. The monoisotopic (exact) mass is 592 g/mol. The van der Waals surface area contributed by atoms with Crippen molar-refractivity contribution >= 4 is 39.2 Å². The van der Waals surface area contributed by atoms with Gasteiger partial charge in [0.15, 0.2) is 0 Å². The van der Waals surface area contributed by atoms with Gasteiger partial charge in [-0.3, -0.25) is 0 Å². The van der Waals surface area contributed by atoms with E-state index in [0.717, 1.165) is 38.4 Å². The van der Waals surface area contributed by atoms with Gasteiger partial charge in [0.1, 0.15) is 12.9 Å². The molecule has 1 aliphatic rings.